The summed E-state index contributed by atoms with van der Waals surface area (Å²) in [6, 6.07) is 16.1. The van der Waals surface area contributed by atoms with Crippen molar-refractivity contribution in [3.05, 3.63) is 65.4 Å². The maximum absolute atomic E-state index is 9.07. The van der Waals surface area contributed by atoms with Crippen molar-refractivity contribution in [3.8, 4) is 6.07 Å². The van der Waals surface area contributed by atoms with E-state index in [0.717, 1.165) is 28.5 Å². The van der Waals surface area contributed by atoms with Gasteiger partial charge in [0.15, 0.2) is 0 Å². The third-order valence-electron chi connectivity index (χ3n) is 3.04. The van der Waals surface area contributed by atoms with Gasteiger partial charge in [0, 0.05) is 5.39 Å². The summed E-state index contributed by atoms with van der Waals surface area (Å²) in [5, 5.41) is 17.1. The standard InChI is InChI=1S/C15H11N3/c16-9-13-4-2-1-3-12(13)7-11-5-6-14-10-17-18-15(14)8-11/h1-6,8,10H,7H2,(H,17,18). The van der Waals surface area contributed by atoms with Gasteiger partial charge in [0.05, 0.1) is 23.3 Å². The summed E-state index contributed by atoms with van der Waals surface area (Å²) >= 11 is 0. The van der Waals surface area contributed by atoms with Gasteiger partial charge >= 0.3 is 0 Å². The van der Waals surface area contributed by atoms with Crippen LogP contribution in [0.2, 0.25) is 0 Å². The molecular formula is C15H11N3. The Kier molecular flexibility index (Phi) is 2.54. The minimum Gasteiger partial charge on any atom is -0.278 e. The normalized spacial score (nSPS) is 10.4. The number of nitrogens with zero attached hydrogens (tertiary/aromatic N) is 2. The molecular weight excluding hydrogens is 222 g/mol. The second-order valence-electron chi connectivity index (χ2n) is 4.24. The molecule has 3 nitrogen and oxygen atoms in total. The Morgan fingerprint density at radius 2 is 2.06 bits per heavy atom. The summed E-state index contributed by atoms with van der Waals surface area (Å²) in [6.45, 7) is 0. The molecule has 3 rings (SSSR count). The van der Waals surface area contributed by atoms with Crippen LogP contribution in [-0.2, 0) is 6.42 Å². The van der Waals surface area contributed by atoms with Crippen molar-refractivity contribution in [2.24, 2.45) is 0 Å². The van der Waals surface area contributed by atoms with Crippen molar-refractivity contribution >= 4 is 10.9 Å². The molecule has 0 saturated carbocycles. The molecule has 0 aliphatic rings. The Labute approximate surface area is 105 Å². The highest BCUT2D eigenvalue weighted by Crippen LogP contribution is 2.17. The third-order valence-corrected chi connectivity index (χ3v) is 3.04. The largest absolute Gasteiger partial charge is 0.278 e. The maximum Gasteiger partial charge on any atom is 0.0994 e. The Morgan fingerprint density at radius 3 is 2.94 bits per heavy atom. The minimum absolute atomic E-state index is 0.738. The molecule has 0 amide bonds. The van der Waals surface area contributed by atoms with Crippen LogP contribution in [0.4, 0.5) is 0 Å². The number of nitrogens with one attached hydrogen (secondary N) is 1. The van der Waals surface area contributed by atoms with Gasteiger partial charge in [-0.05, 0) is 29.7 Å². The van der Waals surface area contributed by atoms with Crippen molar-refractivity contribution in [1.82, 2.24) is 10.2 Å². The first-order chi connectivity index (χ1) is 8.86. The molecule has 3 aromatic rings. The number of aromatic nitrogens is 2. The van der Waals surface area contributed by atoms with Gasteiger partial charge in [-0.2, -0.15) is 10.4 Å². The molecule has 1 aromatic heterocycles. The van der Waals surface area contributed by atoms with Gasteiger partial charge in [0.25, 0.3) is 0 Å². The number of rotatable bonds is 2. The van der Waals surface area contributed by atoms with Crippen LogP contribution in [0.1, 0.15) is 16.7 Å². The molecule has 1 heterocycles. The molecule has 0 radical (unpaired) electrons. The minimum atomic E-state index is 0.738. The summed E-state index contributed by atoms with van der Waals surface area (Å²) in [5.41, 5.74) is 4.00. The molecule has 86 valence electrons. The molecule has 0 fully saturated rings. The Bertz CT molecular complexity index is 735. The summed E-state index contributed by atoms with van der Waals surface area (Å²) in [4.78, 5) is 0. The van der Waals surface area contributed by atoms with E-state index in [1.807, 2.05) is 36.5 Å². The zero-order valence-electron chi connectivity index (χ0n) is 9.72. The van der Waals surface area contributed by atoms with Gasteiger partial charge in [0.2, 0.25) is 0 Å². The van der Waals surface area contributed by atoms with E-state index in [1.165, 1.54) is 5.56 Å². The average molecular weight is 233 g/mol. The van der Waals surface area contributed by atoms with Crippen LogP contribution in [0.3, 0.4) is 0 Å². The number of fused-ring (bicyclic) bond motifs is 1. The van der Waals surface area contributed by atoms with Crippen LogP contribution in [0.15, 0.2) is 48.7 Å². The highest BCUT2D eigenvalue weighted by molar-refractivity contribution is 5.78. The molecule has 2 aromatic carbocycles. The number of aromatic amines is 1. The SMILES string of the molecule is N#Cc1ccccc1Cc1ccc2cn[nH]c2c1. The highest BCUT2D eigenvalue weighted by Gasteiger charge is 2.03. The van der Waals surface area contributed by atoms with Crippen molar-refractivity contribution in [1.29, 1.82) is 5.26 Å². The fourth-order valence-electron chi connectivity index (χ4n) is 2.10. The van der Waals surface area contributed by atoms with E-state index >= 15 is 0 Å². The Hall–Kier alpha value is -2.60. The van der Waals surface area contributed by atoms with E-state index in [9.17, 15) is 0 Å². The van der Waals surface area contributed by atoms with Gasteiger partial charge < -0.3 is 0 Å². The molecule has 3 heteroatoms. The van der Waals surface area contributed by atoms with E-state index in [-0.39, 0.29) is 0 Å². The molecule has 0 aliphatic heterocycles. The van der Waals surface area contributed by atoms with Crippen molar-refractivity contribution in [2.75, 3.05) is 0 Å². The van der Waals surface area contributed by atoms with E-state index in [4.69, 9.17) is 5.26 Å². The van der Waals surface area contributed by atoms with Crippen molar-refractivity contribution in [2.45, 2.75) is 6.42 Å². The molecule has 0 bridgehead atoms. The first-order valence-electron chi connectivity index (χ1n) is 5.77. The van der Waals surface area contributed by atoms with Gasteiger partial charge in [-0.3, -0.25) is 5.10 Å². The fraction of sp³-hybridized carbons (Fsp3) is 0.0667. The lowest BCUT2D eigenvalue weighted by molar-refractivity contribution is 1.11. The molecule has 0 saturated heterocycles. The zero-order chi connectivity index (χ0) is 12.4. The highest BCUT2D eigenvalue weighted by atomic mass is 15.1. The molecule has 0 atom stereocenters. The maximum atomic E-state index is 9.07. The topological polar surface area (TPSA) is 52.5 Å². The zero-order valence-corrected chi connectivity index (χ0v) is 9.72. The smallest absolute Gasteiger partial charge is 0.0994 e. The van der Waals surface area contributed by atoms with E-state index in [1.54, 1.807) is 0 Å². The average Bonchev–Trinajstić information content (AvgIpc) is 2.87. The molecule has 0 aliphatic carbocycles. The van der Waals surface area contributed by atoms with E-state index in [2.05, 4.69) is 28.4 Å². The molecule has 0 unspecified atom stereocenters. The van der Waals surface area contributed by atoms with Gasteiger partial charge in [-0.25, -0.2) is 0 Å². The monoisotopic (exact) mass is 233 g/mol. The number of hydrogen-bond acceptors (Lipinski definition) is 2. The van der Waals surface area contributed by atoms with Crippen molar-refractivity contribution < 1.29 is 0 Å². The van der Waals surface area contributed by atoms with E-state index in [0.29, 0.717) is 0 Å². The Balaban J connectivity index is 1.98. The molecule has 0 spiro atoms. The van der Waals surface area contributed by atoms with Crippen LogP contribution in [0.25, 0.3) is 10.9 Å². The Morgan fingerprint density at radius 1 is 1.17 bits per heavy atom. The summed E-state index contributed by atoms with van der Waals surface area (Å²) in [7, 11) is 0. The second-order valence-corrected chi connectivity index (χ2v) is 4.24. The van der Waals surface area contributed by atoms with Gasteiger partial charge in [0.1, 0.15) is 0 Å². The number of hydrogen-bond donors (Lipinski definition) is 1. The van der Waals surface area contributed by atoms with Crippen LogP contribution in [0, 0.1) is 11.3 Å². The first-order valence-corrected chi connectivity index (χ1v) is 5.77. The van der Waals surface area contributed by atoms with Gasteiger partial charge in [-0.15, -0.1) is 0 Å². The summed E-state index contributed by atoms with van der Waals surface area (Å²) < 4.78 is 0. The fourth-order valence-corrected chi connectivity index (χ4v) is 2.10. The number of nitriles is 1. The second kappa shape index (κ2) is 4.34. The van der Waals surface area contributed by atoms with Crippen LogP contribution in [0.5, 0.6) is 0 Å². The van der Waals surface area contributed by atoms with Crippen molar-refractivity contribution in [3.63, 3.8) is 0 Å². The predicted octanol–water partition coefficient (Wildman–Crippen LogP) is 3.03. The summed E-state index contributed by atoms with van der Waals surface area (Å²) in [5.74, 6) is 0. The third kappa shape index (κ3) is 1.85. The van der Waals surface area contributed by atoms with E-state index < -0.39 is 0 Å². The summed E-state index contributed by atoms with van der Waals surface area (Å²) in [6.07, 6.45) is 2.57. The molecule has 18 heavy (non-hydrogen) atoms. The lowest BCUT2D eigenvalue weighted by Crippen LogP contribution is -1.92. The van der Waals surface area contributed by atoms with Crippen LogP contribution >= 0.6 is 0 Å². The first kappa shape index (κ1) is 10.5. The van der Waals surface area contributed by atoms with Crippen LogP contribution < -0.4 is 0 Å². The molecule has 1 N–H and O–H groups in total. The predicted molar refractivity (Wildman–Crippen MR) is 70.1 cm³/mol. The van der Waals surface area contributed by atoms with Crippen LogP contribution in [-0.4, -0.2) is 10.2 Å². The lowest BCUT2D eigenvalue weighted by atomic mass is 10.00. The lowest BCUT2D eigenvalue weighted by Gasteiger charge is -2.04. The number of benzene rings is 2. The quantitative estimate of drug-likeness (QED) is 0.739. The van der Waals surface area contributed by atoms with Gasteiger partial charge in [-0.1, -0.05) is 30.3 Å². The number of H-pyrrole nitrogens is 1.